The molecule has 2 aliphatic rings. The van der Waals surface area contributed by atoms with Crippen LogP contribution in [0.15, 0.2) is 4.99 Å². The Morgan fingerprint density at radius 3 is 2.69 bits per heavy atom. The Hall–Kier alpha value is 0.400. The molecule has 0 radical (unpaired) electrons. The van der Waals surface area contributed by atoms with E-state index in [9.17, 15) is 0 Å². The van der Waals surface area contributed by atoms with E-state index in [1.165, 1.54) is 29.4 Å². The van der Waals surface area contributed by atoms with Crippen molar-refractivity contribution in [1.82, 2.24) is 0 Å². The van der Waals surface area contributed by atoms with Gasteiger partial charge in [-0.3, -0.25) is 4.99 Å². The van der Waals surface area contributed by atoms with Crippen molar-refractivity contribution in [3.8, 4) is 0 Å². The number of aliphatic imine (C=N–C) groups is 1. The second kappa shape index (κ2) is 2.94. The Morgan fingerprint density at radius 2 is 2.23 bits per heavy atom. The molecule has 2 aliphatic carbocycles. The predicted molar refractivity (Wildman–Crippen MR) is 65.8 cm³/mol. The number of nitrogens with zero attached hydrogens (tertiary/aromatic N) is 1. The van der Waals surface area contributed by atoms with E-state index in [2.05, 4.69) is 41.4 Å². The highest BCUT2D eigenvalue weighted by atomic mass is 127. The SMILES string of the molecule is CN=C1C(C)(CI)[C@@H]2CC[C@@]1(C)C2. The van der Waals surface area contributed by atoms with Crippen molar-refractivity contribution in [2.24, 2.45) is 21.7 Å². The number of rotatable bonds is 1. The van der Waals surface area contributed by atoms with Gasteiger partial charge in [-0.1, -0.05) is 36.4 Å². The van der Waals surface area contributed by atoms with Crippen molar-refractivity contribution in [2.45, 2.75) is 33.1 Å². The summed E-state index contributed by atoms with van der Waals surface area (Å²) in [5.41, 5.74) is 2.38. The quantitative estimate of drug-likeness (QED) is 0.519. The molecule has 2 rings (SSSR count). The van der Waals surface area contributed by atoms with Crippen molar-refractivity contribution >= 4 is 28.3 Å². The summed E-state index contributed by atoms with van der Waals surface area (Å²) < 4.78 is 1.23. The molecule has 0 amide bonds. The topological polar surface area (TPSA) is 12.4 Å². The molecule has 0 heterocycles. The van der Waals surface area contributed by atoms with E-state index in [4.69, 9.17) is 0 Å². The maximum absolute atomic E-state index is 4.58. The van der Waals surface area contributed by atoms with Crippen molar-refractivity contribution in [3.05, 3.63) is 0 Å². The zero-order valence-corrected chi connectivity index (χ0v) is 10.9. The van der Waals surface area contributed by atoms with Crippen LogP contribution in [-0.4, -0.2) is 17.2 Å². The van der Waals surface area contributed by atoms with Crippen LogP contribution in [0.5, 0.6) is 0 Å². The summed E-state index contributed by atoms with van der Waals surface area (Å²) in [5.74, 6) is 0.910. The van der Waals surface area contributed by atoms with Crippen LogP contribution in [0.2, 0.25) is 0 Å². The molecule has 0 aromatic rings. The van der Waals surface area contributed by atoms with E-state index >= 15 is 0 Å². The van der Waals surface area contributed by atoms with Crippen molar-refractivity contribution < 1.29 is 0 Å². The van der Waals surface area contributed by atoms with E-state index in [-0.39, 0.29) is 0 Å². The van der Waals surface area contributed by atoms with Gasteiger partial charge in [-0.25, -0.2) is 0 Å². The third kappa shape index (κ3) is 1.13. The fourth-order valence-electron chi connectivity index (χ4n) is 3.58. The summed E-state index contributed by atoms with van der Waals surface area (Å²) in [5, 5.41) is 0. The lowest BCUT2D eigenvalue weighted by atomic mass is 9.71. The molecule has 2 fully saturated rings. The second-order valence-electron chi connectivity index (χ2n) is 5.12. The number of alkyl halides is 1. The lowest BCUT2D eigenvalue weighted by molar-refractivity contribution is 0.344. The fraction of sp³-hybridized carbons (Fsp3) is 0.909. The van der Waals surface area contributed by atoms with Crippen LogP contribution in [0.3, 0.4) is 0 Å². The van der Waals surface area contributed by atoms with Gasteiger partial charge in [-0.2, -0.15) is 0 Å². The van der Waals surface area contributed by atoms with Crippen LogP contribution in [0.25, 0.3) is 0 Å². The maximum Gasteiger partial charge on any atom is 0.0276 e. The van der Waals surface area contributed by atoms with E-state index < -0.39 is 0 Å². The molecular weight excluding hydrogens is 273 g/mol. The van der Waals surface area contributed by atoms with Gasteiger partial charge in [-0.15, -0.1) is 0 Å². The molecule has 2 bridgehead atoms. The lowest BCUT2D eigenvalue weighted by Gasteiger charge is -2.37. The van der Waals surface area contributed by atoms with E-state index in [1.54, 1.807) is 0 Å². The van der Waals surface area contributed by atoms with Crippen molar-refractivity contribution in [3.63, 3.8) is 0 Å². The van der Waals surface area contributed by atoms with Crippen molar-refractivity contribution in [1.29, 1.82) is 0 Å². The Labute approximate surface area is 94.5 Å². The minimum atomic E-state index is 0.419. The molecule has 0 spiro atoms. The van der Waals surface area contributed by atoms with Gasteiger partial charge in [0.25, 0.3) is 0 Å². The van der Waals surface area contributed by atoms with Crippen LogP contribution in [-0.2, 0) is 0 Å². The highest BCUT2D eigenvalue weighted by Gasteiger charge is 2.58. The van der Waals surface area contributed by atoms with Gasteiger partial charge in [0.2, 0.25) is 0 Å². The maximum atomic E-state index is 4.58. The molecule has 0 saturated heterocycles. The molecule has 0 aromatic heterocycles. The first-order valence-corrected chi connectivity index (χ1v) is 6.63. The molecule has 0 N–H and O–H groups in total. The summed E-state index contributed by atoms with van der Waals surface area (Å²) in [4.78, 5) is 4.58. The van der Waals surface area contributed by atoms with E-state index in [1.807, 2.05) is 7.05 Å². The Morgan fingerprint density at radius 1 is 1.54 bits per heavy atom. The Kier molecular flexibility index (Phi) is 2.25. The molecular formula is C11H18IN. The van der Waals surface area contributed by atoms with Gasteiger partial charge in [0.1, 0.15) is 0 Å². The zero-order valence-electron chi connectivity index (χ0n) is 8.73. The lowest BCUT2D eigenvalue weighted by Crippen LogP contribution is -2.39. The minimum absolute atomic E-state index is 0.419. The van der Waals surface area contributed by atoms with Gasteiger partial charge in [0, 0.05) is 28.0 Å². The molecule has 1 unspecified atom stereocenters. The second-order valence-corrected chi connectivity index (χ2v) is 5.89. The van der Waals surface area contributed by atoms with Crippen LogP contribution >= 0.6 is 22.6 Å². The van der Waals surface area contributed by atoms with Crippen LogP contribution in [0.4, 0.5) is 0 Å². The molecule has 1 nitrogen and oxygen atoms in total. The van der Waals surface area contributed by atoms with Gasteiger partial charge < -0.3 is 0 Å². The minimum Gasteiger partial charge on any atom is -0.296 e. The van der Waals surface area contributed by atoms with Crippen LogP contribution in [0.1, 0.15) is 33.1 Å². The first-order chi connectivity index (χ1) is 6.07. The van der Waals surface area contributed by atoms with Gasteiger partial charge in [0.15, 0.2) is 0 Å². The largest absolute Gasteiger partial charge is 0.296 e. The summed E-state index contributed by atoms with van der Waals surface area (Å²) in [7, 11) is 1.98. The van der Waals surface area contributed by atoms with Gasteiger partial charge in [0.05, 0.1) is 0 Å². The standard InChI is InChI=1S/C11H18IN/c1-10-5-4-8(6-10)11(2,7-12)9(10)13-3/h8H,4-7H2,1-3H3/t8-,10+,11?/m1/s1. The molecule has 2 saturated carbocycles. The molecule has 0 aromatic carbocycles. The predicted octanol–water partition coefficient (Wildman–Crippen LogP) is 3.32. The van der Waals surface area contributed by atoms with Crippen LogP contribution in [0, 0.1) is 16.7 Å². The Balaban J connectivity index is 2.43. The summed E-state index contributed by atoms with van der Waals surface area (Å²) in [6.45, 7) is 4.82. The average molecular weight is 291 g/mol. The number of halogens is 1. The number of hydrogen-bond acceptors (Lipinski definition) is 1. The summed E-state index contributed by atoms with van der Waals surface area (Å²) in [6, 6.07) is 0. The highest BCUT2D eigenvalue weighted by Crippen LogP contribution is 2.61. The number of hydrogen-bond donors (Lipinski definition) is 0. The Bertz CT molecular complexity index is 261. The van der Waals surface area contributed by atoms with E-state index in [0.717, 1.165) is 5.92 Å². The zero-order chi connectivity index (χ0) is 9.69. The van der Waals surface area contributed by atoms with Crippen LogP contribution < -0.4 is 0 Å². The molecule has 74 valence electrons. The van der Waals surface area contributed by atoms with Gasteiger partial charge >= 0.3 is 0 Å². The molecule has 0 aliphatic heterocycles. The third-order valence-corrected chi connectivity index (χ3v) is 5.84. The molecule has 3 atom stereocenters. The molecule has 2 heteroatoms. The first-order valence-electron chi connectivity index (χ1n) is 5.10. The fourth-order valence-corrected chi connectivity index (χ4v) is 4.56. The third-order valence-electron chi connectivity index (χ3n) is 4.26. The van der Waals surface area contributed by atoms with Gasteiger partial charge in [-0.05, 0) is 25.2 Å². The normalized spacial score (nSPS) is 52.0. The first kappa shape index (κ1) is 9.94. The summed E-state index contributed by atoms with van der Waals surface area (Å²) >= 11 is 2.53. The molecule has 13 heavy (non-hydrogen) atoms. The highest BCUT2D eigenvalue weighted by molar-refractivity contribution is 14.1. The van der Waals surface area contributed by atoms with Crippen molar-refractivity contribution in [2.75, 3.05) is 11.5 Å². The number of fused-ring (bicyclic) bond motifs is 2. The average Bonchev–Trinajstić information content (AvgIpc) is 2.57. The summed E-state index contributed by atoms with van der Waals surface area (Å²) in [6.07, 6.45) is 4.19. The van der Waals surface area contributed by atoms with E-state index in [0.29, 0.717) is 10.8 Å². The smallest absolute Gasteiger partial charge is 0.0276 e. The monoisotopic (exact) mass is 291 g/mol.